The van der Waals surface area contributed by atoms with Crippen molar-refractivity contribution in [3.8, 4) is 11.5 Å². The lowest BCUT2D eigenvalue weighted by molar-refractivity contribution is -0.118. The summed E-state index contributed by atoms with van der Waals surface area (Å²) in [6.07, 6.45) is 0. The van der Waals surface area contributed by atoms with Gasteiger partial charge in [-0.1, -0.05) is 11.6 Å². The monoisotopic (exact) mass is 390 g/mol. The van der Waals surface area contributed by atoms with Crippen LogP contribution >= 0.6 is 11.6 Å². The van der Waals surface area contributed by atoms with Gasteiger partial charge in [-0.05, 0) is 43.3 Å². The van der Waals surface area contributed by atoms with Crippen LogP contribution in [0, 0.1) is 0 Å². The molecule has 8 heteroatoms. The van der Waals surface area contributed by atoms with Crippen LogP contribution in [0.25, 0.3) is 0 Å². The second-order valence-electron chi connectivity index (χ2n) is 5.63. The van der Waals surface area contributed by atoms with E-state index in [1.165, 1.54) is 33.1 Å². The van der Waals surface area contributed by atoms with E-state index in [4.69, 9.17) is 21.1 Å². The molecule has 0 aliphatic heterocycles. The Labute approximate surface area is 161 Å². The summed E-state index contributed by atoms with van der Waals surface area (Å²) in [6, 6.07) is 9.43. The van der Waals surface area contributed by atoms with Gasteiger partial charge in [0.05, 0.1) is 18.4 Å². The first kappa shape index (κ1) is 20.3. The number of benzene rings is 2. The summed E-state index contributed by atoms with van der Waals surface area (Å²) in [5.41, 5.74) is 1.18. The molecule has 2 aromatic carbocycles. The lowest BCUT2D eigenvalue weighted by Crippen LogP contribution is -2.21. The summed E-state index contributed by atoms with van der Waals surface area (Å²) >= 11 is 5.88. The van der Waals surface area contributed by atoms with Crippen molar-refractivity contribution in [2.24, 2.45) is 0 Å². The number of hydrogen-bond acceptors (Lipinski definition) is 5. The Hall–Kier alpha value is -3.06. The molecule has 0 aliphatic rings. The fraction of sp³-hybridized carbons (Fsp3) is 0.211. The van der Waals surface area contributed by atoms with E-state index in [1.54, 1.807) is 24.3 Å². The van der Waals surface area contributed by atoms with Crippen LogP contribution in [0.15, 0.2) is 36.4 Å². The van der Waals surface area contributed by atoms with Crippen molar-refractivity contribution in [3.63, 3.8) is 0 Å². The maximum absolute atomic E-state index is 12.2. The minimum atomic E-state index is -0.460. The number of rotatable bonds is 7. The molecule has 0 aromatic heterocycles. The zero-order valence-corrected chi connectivity index (χ0v) is 15.8. The Morgan fingerprint density at radius 2 is 1.70 bits per heavy atom. The highest BCUT2D eigenvalue weighted by atomic mass is 35.5. The first-order valence-electron chi connectivity index (χ1n) is 7.99. The molecule has 0 saturated carbocycles. The molecule has 142 valence electrons. The van der Waals surface area contributed by atoms with E-state index >= 15 is 0 Å². The Kier molecular flexibility index (Phi) is 6.79. The van der Waals surface area contributed by atoms with Crippen molar-refractivity contribution in [2.75, 3.05) is 24.4 Å². The molecule has 0 radical (unpaired) electrons. The van der Waals surface area contributed by atoms with E-state index in [0.29, 0.717) is 27.7 Å². The normalized spacial score (nSPS) is 10.1. The number of methoxy groups -OCH3 is 1. The first-order valence-corrected chi connectivity index (χ1v) is 8.36. The van der Waals surface area contributed by atoms with E-state index < -0.39 is 5.91 Å². The molecule has 0 aliphatic carbocycles. The van der Waals surface area contributed by atoms with Crippen molar-refractivity contribution in [2.45, 2.75) is 13.8 Å². The number of amides is 2. The predicted octanol–water partition coefficient (Wildman–Crippen LogP) is 3.53. The first-order chi connectivity index (χ1) is 12.8. The maximum atomic E-state index is 12.2. The van der Waals surface area contributed by atoms with Crippen molar-refractivity contribution < 1.29 is 23.9 Å². The van der Waals surface area contributed by atoms with Crippen LogP contribution in [0.5, 0.6) is 11.5 Å². The van der Waals surface area contributed by atoms with Crippen molar-refractivity contribution in [3.05, 3.63) is 47.0 Å². The molecule has 27 heavy (non-hydrogen) atoms. The molecule has 0 atom stereocenters. The summed E-state index contributed by atoms with van der Waals surface area (Å²) in [5.74, 6) is -0.232. The third-order valence-electron chi connectivity index (χ3n) is 3.47. The topological polar surface area (TPSA) is 93.7 Å². The zero-order chi connectivity index (χ0) is 20.0. The van der Waals surface area contributed by atoms with Crippen LogP contribution in [-0.4, -0.2) is 31.3 Å². The highest BCUT2D eigenvalue weighted by Crippen LogP contribution is 2.28. The van der Waals surface area contributed by atoms with Gasteiger partial charge in [0, 0.05) is 17.6 Å². The van der Waals surface area contributed by atoms with E-state index in [1.807, 2.05) is 0 Å². The number of carbonyl (C=O) groups is 3. The van der Waals surface area contributed by atoms with Gasteiger partial charge in [0.15, 0.2) is 12.4 Å². The van der Waals surface area contributed by atoms with Gasteiger partial charge in [-0.15, -0.1) is 0 Å². The summed E-state index contributed by atoms with van der Waals surface area (Å²) in [7, 11) is 1.46. The van der Waals surface area contributed by atoms with E-state index in [9.17, 15) is 14.4 Å². The van der Waals surface area contributed by atoms with Crippen LogP contribution in [-0.2, 0) is 9.59 Å². The molecular formula is C19H19ClN2O5. The van der Waals surface area contributed by atoms with Crippen LogP contribution in [0.4, 0.5) is 11.4 Å². The third kappa shape index (κ3) is 5.72. The smallest absolute Gasteiger partial charge is 0.262 e. The second-order valence-corrected chi connectivity index (χ2v) is 6.07. The van der Waals surface area contributed by atoms with Crippen LogP contribution < -0.4 is 20.1 Å². The number of hydrogen-bond donors (Lipinski definition) is 2. The number of Topliss-reactive ketones (excluding diaryl/α,β-unsaturated/α-hetero) is 1. The largest absolute Gasteiger partial charge is 0.495 e. The summed E-state index contributed by atoms with van der Waals surface area (Å²) in [6.45, 7) is 2.45. The number of anilines is 2. The van der Waals surface area contributed by atoms with Crippen LogP contribution in [0.2, 0.25) is 5.02 Å². The molecule has 2 rings (SSSR count). The average Bonchev–Trinajstić information content (AvgIpc) is 2.60. The van der Waals surface area contributed by atoms with Crippen molar-refractivity contribution in [1.29, 1.82) is 0 Å². The molecular weight excluding hydrogens is 372 g/mol. The van der Waals surface area contributed by atoms with Gasteiger partial charge in [0.25, 0.3) is 5.91 Å². The van der Waals surface area contributed by atoms with Gasteiger partial charge in [-0.3, -0.25) is 14.4 Å². The molecule has 2 N–H and O–H groups in total. The molecule has 0 spiro atoms. The number of ether oxygens (including phenoxy) is 2. The lowest BCUT2D eigenvalue weighted by Gasteiger charge is -2.13. The Morgan fingerprint density at radius 1 is 1.00 bits per heavy atom. The molecule has 0 bridgehead atoms. The van der Waals surface area contributed by atoms with Crippen molar-refractivity contribution >= 4 is 40.6 Å². The number of nitrogens with one attached hydrogen (secondary N) is 2. The maximum Gasteiger partial charge on any atom is 0.262 e. The third-order valence-corrected chi connectivity index (χ3v) is 3.71. The summed E-state index contributed by atoms with van der Waals surface area (Å²) in [5, 5.41) is 5.68. The van der Waals surface area contributed by atoms with Gasteiger partial charge in [0.1, 0.15) is 11.5 Å². The highest BCUT2D eigenvalue weighted by Gasteiger charge is 2.13. The van der Waals surface area contributed by atoms with Gasteiger partial charge in [-0.25, -0.2) is 0 Å². The number of carbonyl (C=O) groups excluding carboxylic acids is 3. The Balaban J connectivity index is 2.10. The fourth-order valence-electron chi connectivity index (χ4n) is 2.32. The Morgan fingerprint density at radius 3 is 2.33 bits per heavy atom. The SMILES string of the molecule is COc1ccc(NC(C)=O)cc1NC(=O)COc1ccc(Cl)cc1C(C)=O. The van der Waals surface area contributed by atoms with Crippen LogP contribution in [0.1, 0.15) is 24.2 Å². The fourth-order valence-corrected chi connectivity index (χ4v) is 2.49. The number of halogens is 1. The van der Waals surface area contributed by atoms with Crippen LogP contribution in [0.3, 0.4) is 0 Å². The quantitative estimate of drug-likeness (QED) is 0.705. The minimum absolute atomic E-state index is 0.224. The van der Waals surface area contributed by atoms with Gasteiger partial charge >= 0.3 is 0 Å². The molecule has 2 amide bonds. The molecule has 0 heterocycles. The molecule has 7 nitrogen and oxygen atoms in total. The van der Waals surface area contributed by atoms with Gasteiger partial charge in [-0.2, -0.15) is 0 Å². The van der Waals surface area contributed by atoms with Crippen molar-refractivity contribution in [1.82, 2.24) is 0 Å². The van der Waals surface area contributed by atoms with E-state index in [0.717, 1.165) is 0 Å². The Bertz CT molecular complexity index is 882. The molecule has 2 aromatic rings. The summed E-state index contributed by atoms with van der Waals surface area (Å²) < 4.78 is 10.7. The minimum Gasteiger partial charge on any atom is -0.495 e. The molecule has 0 fully saturated rings. The lowest BCUT2D eigenvalue weighted by atomic mass is 10.1. The zero-order valence-electron chi connectivity index (χ0n) is 15.1. The van der Waals surface area contributed by atoms with E-state index in [2.05, 4.69) is 10.6 Å². The highest BCUT2D eigenvalue weighted by molar-refractivity contribution is 6.31. The standard InChI is InChI=1S/C19H19ClN2O5/c1-11(23)15-8-13(20)4-6-17(15)27-10-19(25)22-16-9-14(21-12(2)24)5-7-18(16)26-3/h4-9H,10H2,1-3H3,(H,21,24)(H,22,25). The molecule has 0 saturated heterocycles. The predicted molar refractivity (Wildman–Crippen MR) is 103 cm³/mol. The molecule has 0 unspecified atom stereocenters. The average molecular weight is 391 g/mol. The van der Waals surface area contributed by atoms with E-state index in [-0.39, 0.29) is 24.0 Å². The van der Waals surface area contributed by atoms with Gasteiger partial charge in [0.2, 0.25) is 5.91 Å². The van der Waals surface area contributed by atoms with Gasteiger partial charge < -0.3 is 20.1 Å². The second kappa shape index (κ2) is 9.05. The summed E-state index contributed by atoms with van der Waals surface area (Å²) in [4.78, 5) is 35.1. The number of ketones is 1.